The van der Waals surface area contributed by atoms with Gasteiger partial charge in [-0.3, -0.25) is 0 Å². The standard InChI is InChI=1S/C20H16FN7O2S/c1-12(27-11-25-16-18(22)23-10-24-20(16)27)19-26-15-9-5-8-14(21)17(15)31(29,30)28(19)13-6-3-2-4-7-13/h2-12H,1H3,(H2,22,23,24). The van der Waals surface area contributed by atoms with Gasteiger partial charge >= 0.3 is 0 Å². The summed E-state index contributed by atoms with van der Waals surface area (Å²) in [4.78, 5) is 16.5. The second kappa shape index (κ2) is 6.84. The van der Waals surface area contributed by atoms with E-state index in [4.69, 9.17) is 5.73 Å². The number of amidine groups is 1. The molecule has 9 nitrogen and oxygen atoms in total. The molecule has 11 heteroatoms. The van der Waals surface area contributed by atoms with E-state index in [9.17, 15) is 12.8 Å². The minimum atomic E-state index is -4.28. The Morgan fingerprint density at radius 2 is 1.81 bits per heavy atom. The van der Waals surface area contributed by atoms with Gasteiger partial charge in [-0.1, -0.05) is 24.3 Å². The highest BCUT2D eigenvalue weighted by molar-refractivity contribution is 7.93. The van der Waals surface area contributed by atoms with Crippen LogP contribution in [0.25, 0.3) is 11.2 Å². The van der Waals surface area contributed by atoms with Crippen LogP contribution in [0.4, 0.5) is 21.6 Å². The molecule has 2 aromatic carbocycles. The number of halogens is 1. The van der Waals surface area contributed by atoms with Gasteiger partial charge in [-0.15, -0.1) is 0 Å². The first-order chi connectivity index (χ1) is 14.9. The van der Waals surface area contributed by atoms with Gasteiger partial charge < -0.3 is 10.3 Å². The summed E-state index contributed by atoms with van der Waals surface area (Å²) in [6, 6.07) is 11.8. The van der Waals surface area contributed by atoms with Crippen molar-refractivity contribution in [2.75, 3.05) is 10.0 Å². The Bertz CT molecular complexity index is 1450. The van der Waals surface area contributed by atoms with Gasteiger partial charge in [0.25, 0.3) is 10.0 Å². The molecule has 0 radical (unpaired) electrons. The predicted molar refractivity (Wildman–Crippen MR) is 114 cm³/mol. The number of fused-ring (bicyclic) bond motifs is 2. The number of anilines is 2. The Hall–Kier alpha value is -3.86. The molecule has 1 atom stereocenters. The Labute approximate surface area is 176 Å². The molecule has 1 aliphatic rings. The molecule has 156 valence electrons. The minimum absolute atomic E-state index is 0.0348. The molecule has 2 aromatic heterocycles. The van der Waals surface area contributed by atoms with Crippen LogP contribution in [0.1, 0.15) is 13.0 Å². The monoisotopic (exact) mass is 437 g/mol. The van der Waals surface area contributed by atoms with E-state index in [1.807, 2.05) is 0 Å². The molecular weight excluding hydrogens is 421 g/mol. The number of imidazole rings is 1. The second-order valence-corrected chi connectivity index (χ2v) is 8.65. The largest absolute Gasteiger partial charge is 0.382 e. The van der Waals surface area contributed by atoms with Crippen molar-refractivity contribution in [3.05, 3.63) is 67.0 Å². The third-order valence-corrected chi connectivity index (χ3v) is 6.85. The normalized spacial score (nSPS) is 16.1. The van der Waals surface area contributed by atoms with Gasteiger partial charge in [0.2, 0.25) is 0 Å². The first kappa shape index (κ1) is 19.1. The summed E-state index contributed by atoms with van der Waals surface area (Å²) in [5.41, 5.74) is 7.08. The molecule has 2 N–H and O–H groups in total. The van der Waals surface area contributed by atoms with Crippen molar-refractivity contribution in [2.24, 2.45) is 4.99 Å². The number of aliphatic imine (C=N–C) groups is 1. The lowest BCUT2D eigenvalue weighted by molar-refractivity contribution is 0.565. The van der Waals surface area contributed by atoms with Crippen LogP contribution < -0.4 is 10.0 Å². The van der Waals surface area contributed by atoms with Crippen LogP contribution in [-0.4, -0.2) is 33.8 Å². The molecule has 0 bridgehead atoms. The maximum Gasteiger partial charge on any atom is 0.274 e. The molecule has 5 rings (SSSR count). The number of rotatable bonds is 3. The van der Waals surface area contributed by atoms with Gasteiger partial charge in [0.15, 0.2) is 11.5 Å². The fourth-order valence-corrected chi connectivity index (χ4v) is 5.31. The quantitative estimate of drug-likeness (QED) is 0.526. The molecule has 1 aliphatic heterocycles. The maximum absolute atomic E-state index is 14.6. The number of hydrogen-bond donors (Lipinski definition) is 1. The van der Waals surface area contributed by atoms with Crippen molar-refractivity contribution in [1.29, 1.82) is 0 Å². The number of aromatic nitrogens is 4. The lowest BCUT2D eigenvalue weighted by atomic mass is 10.2. The van der Waals surface area contributed by atoms with Gasteiger partial charge in [-0.05, 0) is 31.2 Å². The van der Waals surface area contributed by atoms with Gasteiger partial charge in [-0.25, -0.2) is 37.1 Å². The Kier molecular flexibility index (Phi) is 4.22. The van der Waals surface area contributed by atoms with E-state index in [0.717, 1.165) is 10.4 Å². The van der Waals surface area contributed by atoms with Crippen LogP contribution in [-0.2, 0) is 10.0 Å². The van der Waals surface area contributed by atoms with E-state index < -0.39 is 26.8 Å². The highest BCUT2D eigenvalue weighted by Crippen LogP contribution is 2.39. The number of para-hydroxylation sites is 1. The first-order valence-electron chi connectivity index (χ1n) is 9.30. The highest BCUT2D eigenvalue weighted by atomic mass is 32.2. The lowest BCUT2D eigenvalue weighted by Gasteiger charge is -2.33. The smallest absolute Gasteiger partial charge is 0.274 e. The van der Waals surface area contributed by atoms with Gasteiger partial charge in [0.05, 0.1) is 23.7 Å². The molecular formula is C20H16FN7O2S. The fraction of sp³-hybridized carbons (Fsp3) is 0.100. The van der Waals surface area contributed by atoms with Crippen LogP contribution in [0.15, 0.2) is 71.1 Å². The molecule has 0 aliphatic carbocycles. The molecule has 0 saturated carbocycles. The van der Waals surface area contributed by atoms with Crippen LogP contribution >= 0.6 is 0 Å². The van der Waals surface area contributed by atoms with E-state index in [0.29, 0.717) is 16.9 Å². The van der Waals surface area contributed by atoms with Crippen molar-refractivity contribution in [1.82, 2.24) is 19.5 Å². The number of nitrogens with two attached hydrogens (primary N) is 1. The summed E-state index contributed by atoms with van der Waals surface area (Å²) in [5.74, 6) is -0.482. The zero-order valence-electron chi connectivity index (χ0n) is 16.2. The second-order valence-electron chi connectivity index (χ2n) is 6.92. The van der Waals surface area contributed by atoms with E-state index in [1.165, 1.54) is 24.8 Å². The third kappa shape index (κ3) is 2.85. The van der Waals surface area contributed by atoms with Crippen molar-refractivity contribution >= 4 is 44.2 Å². The topological polar surface area (TPSA) is 119 Å². The van der Waals surface area contributed by atoms with Gasteiger partial charge in [-0.2, -0.15) is 0 Å². The predicted octanol–water partition coefficient (Wildman–Crippen LogP) is 3.05. The summed E-state index contributed by atoms with van der Waals surface area (Å²) in [6.07, 6.45) is 2.81. The van der Waals surface area contributed by atoms with Crippen LogP contribution in [0, 0.1) is 5.82 Å². The van der Waals surface area contributed by atoms with E-state index in [1.54, 1.807) is 41.8 Å². The third-order valence-electron chi connectivity index (χ3n) is 5.06. The molecule has 0 amide bonds. The number of sulfonamides is 1. The van der Waals surface area contributed by atoms with Gasteiger partial charge in [0, 0.05) is 0 Å². The van der Waals surface area contributed by atoms with Crippen molar-refractivity contribution in [2.45, 2.75) is 17.9 Å². The number of benzene rings is 2. The maximum atomic E-state index is 14.6. The molecule has 0 saturated heterocycles. The molecule has 4 aromatic rings. The van der Waals surface area contributed by atoms with Crippen LogP contribution in [0.2, 0.25) is 0 Å². The molecule has 31 heavy (non-hydrogen) atoms. The van der Waals surface area contributed by atoms with Crippen molar-refractivity contribution < 1.29 is 12.8 Å². The average molecular weight is 437 g/mol. The summed E-state index contributed by atoms with van der Waals surface area (Å²) < 4.78 is 44.4. The number of nitrogens with zero attached hydrogens (tertiary/aromatic N) is 6. The zero-order valence-corrected chi connectivity index (χ0v) is 17.0. The van der Waals surface area contributed by atoms with E-state index >= 15 is 0 Å². The Morgan fingerprint density at radius 1 is 1.03 bits per heavy atom. The van der Waals surface area contributed by atoms with Gasteiger partial charge in [0.1, 0.15) is 28.4 Å². The molecule has 0 fully saturated rings. The van der Waals surface area contributed by atoms with Crippen LogP contribution in [0.3, 0.4) is 0 Å². The zero-order chi connectivity index (χ0) is 21.8. The first-order valence-corrected chi connectivity index (χ1v) is 10.7. The molecule has 0 spiro atoms. The summed E-state index contributed by atoms with van der Waals surface area (Å²) >= 11 is 0. The Morgan fingerprint density at radius 3 is 2.58 bits per heavy atom. The number of hydrogen-bond acceptors (Lipinski definition) is 7. The summed E-state index contributed by atoms with van der Waals surface area (Å²) in [5, 5.41) is 0. The van der Waals surface area contributed by atoms with E-state index in [-0.39, 0.29) is 17.3 Å². The highest BCUT2D eigenvalue weighted by Gasteiger charge is 2.40. The fourth-order valence-electron chi connectivity index (χ4n) is 3.60. The van der Waals surface area contributed by atoms with Crippen molar-refractivity contribution in [3.63, 3.8) is 0 Å². The SMILES string of the molecule is CC(C1=Nc2cccc(F)c2S(=O)(=O)N1c1ccccc1)n1cnc2c(N)ncnc21. The molecule has 3 heterocycles. The Balaban J connectivity index is 1.77. The van der Waals surface area contributed by atoms with Crippen molar-refractivity contribution in [3.8, 4) is 0 Å². The number of nitrogen functional groups attached to an aromatic ring is 1. The van der Waals surface area contributed by atoms with Crippen LogP contribution in [0.5, 0.6) is 0 Å². The van der Waals surface area contributed by atoms with E-state index in [2.05, 4.69) is 19.9 Å². The summed E-state index contributed by atoms with van der Waals surface area (Å²) in [6.45, 7) is 1.76. The molecule has 1 unspecified atom stereocenters. The minimum Gasteiger partial charge on any atom is -0.382 e. The summed E-state index contributed by atoms with van der Waals surface area (Å²) in [7, 11) is -4.28. The average Bonchev–Trinajstić information content (AvgIpc) is 3.18. The lowest BCUT2D eigenvalue weighted by Crippen LogP contribution is -2.43.